The molecule has 0 bridgehead atoms. The van der Waals surface area contributed by atoms with Crippen LogP contribution in [-0.2, 0) is 11.3 Å². The van der Waals surface area contributed by atoms with Gasteiger partial charge in [0.05, 0.1) is 31.0 Å². The number of aromatic nitrogens is 2. The molecule has 8 heteroatoms. The van der Waals surface area contributed by atoms with Crippen LogP contribution in [-0.4, -0.2) is 40.1 Å². The molecule has 0 aliphatic carbocycles. The number of hydrogen-bond acceptors (Lipinski definition) is 6. The number of benzene rings is 2. The number of carbonyl (C=O) groups excluding carboxylic acids is 1. The van der Waals surface area contributed by atoms with Crippen LogP contribution in [0.5, 0.6) is 11.5 Å². The Morgan fingerprint density at radius 2 is 1.86 bits per heavy atom. The summed E-state index contributed by atoms with van der Waals surface area (Å²) in [7, 11) is 0. The second kappa shape index (κ2) is 9.19. The molecule has 0 radical (unpaired) electrons. The van der Waals surface area contributed by atoms with Gasteiger partial charge in [-0.2, -0.15) is 0 Å². The van der Waals surface area contributed by atoms with Crippen molar-refractivity contribution < 1.29 is 14.3 Å². The number of nitrogens with zero attached hydrogens (tertiary/aromatic N) is 3. The molecule has 2 aliphatic rings. The lowest BCUT2D eigenvalue weighted by molar-refractivity contribution is -0.132. The third-order valence-electron chi connectivity index (χ3n) is 6.61. The van der Waals surface area contributed by atoms with Gasteiger partial charge in [0.2, 0.25) is 5.91 Å². The van der Waals surface area contributed by atoms with E-state index in [1.54, 1.807) is 0 Å². The van der Waals surface area contributed by atoms with Gasteiger partial charge >= 0.3 is 0 Å². The third-order valence-corrected chi connectivity index (χ3v) is 7.70. The van der Waals surface area contributed by atoms with Gasteiger partial charge < -0.3 is 14.4 Å². The molecular weight excluding hydrogens is 462 g/mol. The lowest BCUT2D eigenvalue weighted by Gasteiger charge is -2.26. The summed E-state index contributed by atoms with van der Waals surface area (Å²) in [6.45, 7) is 1.90. The van der Waals surface area contributed by atoms with Gasteiger partial charge in [-0.1, -0.05) is 36.4 Å². The van der Waals surface area contributed by atoms with E-state index in [2.05, 4.69) is 4.98 Å². The second-order valence-electron chi connectivity index (χ2n) is 8.87. The molecule has 2 aliphatic heterocycles. The standard InChI is InChI=1S/C27H25N3O4S/c31-25(30-11-4-8-21(30)19-9-10-22-23(14-19)34-13-5-12-33-22)16-29-17-28-26-20(27(29)32)15-24(35-26)18-6-2-1-3-7-18/h1-3,6-7,9-10,14-15,17,21H,4-5,8,11-13,16H2. The molecule has 1 fully saturated rings. The van der Waals surface area contributed by atoms with Crippen LogP contribution in [0, 0.1) is 0 Å². The molecule has 6 rings (SSSR count). The van der Waals surface area contributed by atoms with Crippen molar-refractivity contribution in [2.24, 2.45) is 0 Å². The molecule has 1 amide bonds. The lowest BCUT2D eigenvalue weighted by Crippen LogP contribution is -2.36. The minimum Gasteiger partial charge on any atom is -0.490 e. The molecule has 1 atom stereocenters. The molecule has 2 aromatic heterocycles. The monoisotopic (exact) mass is 487 g/mol. The topological polar surface area (TPSA) is 73.7 Å². The fourth-order valence-electron chi connectivity index (χ4n) is 4.85. The van der Waals surface area contributed by atoms with Crippen molar-refractivity contribution in [3.8, 4) is 21.9 Å². The number of hydrogen-bond donors (Lipinski definition) is 0. The summed E-state index contributed by atoms with van der Waals surface area (Å²) in [4.78, 5) is 34.6. The van der Waals surface area contributed by atoms with Crippen LogP contribution in [0.4, 0.5) is 0 Å². The zero-order valence-corrected chi connectivity index (χ0v) is 20.0. The molecule has 1 unspecified atom stereocenters. The van der Waals surface area contributed by atoms with Crippen molar-refractivity contribution in [3.63, 3.8) is 0 Å². The number of rotatable bonds is 4. The molecule has 4 aromatic rings. The van der Waals surface area contributed by atoms with Crippen molar-refractivity contribution in [2.45, 2.75) is 31.8 Å². The Morgan fingerprint density at radius 3 is 2.71 bits per heavy atom. The van der Waals surface area contributed by atoms with E-state index in [0.29, 0.717) is 30.0 Å². The molecule has 7 nitrogen and oxygen atoms in total. The fraction of sp³-hybridized carbons (Fsp3) is 0.296. The summed E-state index contributed by atoms with van der Waals surface area (Å²) in [5.41, 5.74) is 1.90. The SMILES string of the molecule is O=C(Cn1cnc2sc(-c3ccccc3)cc2c1=O)N1CCCC1c1ccc2c(c1)OCCCO2. The Kier molecular flexibility index (Phi) is 5.74. The number of amides is 1. The summed E-state index contributed by atoms with van der Waals surface area (Å²) in [5.74, 6) is 1.40. The first kappa shape index (κ1) is 21.9. The van der Waals surface area contributed by atoms with Crippen LogP contribution in [0.3, 0.4) is 0 Å². The number of fused-ring (bicyclic) bond motifs is 2. The maximum Gasteiger partial charge on any atom is 0.262 e. The maximum atomic E-state index is 13.3. The molecule has 1 saturated heterocycles. The molecule has 0 saturated carbocycles. The number of carbonyl (C=O) groups is 1. The van der Waals surface area contributed by atoms with Crippen molar-refractivity contribution in [2.75, 3.05) is 19.8 Å². The molecule has 178 valence electrons. The molecule has 0 spiro atoms. The fourth-order valence-corrected chi connectivity index (χ4v) is 5.85. The molecule has 0 N–H and O–H groups in total. The zero-order valence-electron chi connectivity index (χ0n) is 19.2. The van der Waals surface area contributed by atoms with Gasteiger partial charge in [0.15, 0.2) is 11.5 Å². The van der Waals surface area contributed by atoms with E-state index in [1.807, 2.05) is 59.5 Å². The highest BCUT2D eigenvalue weighted by atomic mass is 32.1. The van der Waals surface area contributed by atoms with E-state index < -0.39 is 0 Å². The van der Waals surface area contributed by atoms with E-state index >= 15 is 0 Å². The van der Waals surface area contributed by atoms with Crippen LogP contribution in [0.2, 0.25) is 0 Å². The molecule has 2 aromatic carbocycles. The van der Waals surface area contributed by atoms with Crippen LogP contribution in [0.1, 0.15) is 30.9 Å². The summed E-state index contributed by atoms with van der Waals surface area (Å²) in [6, 6.07) is 17.7. The lowest BCUT2D eigenvalue weighted by atomic mass is 10.0. The zero-order chi connectivity index (χ0) is 23.8. The number of likely N-dealkylation sites (tertiary alicyclic amines) is 1. The quantitative estimate of drug-likeness (QED) is 0.419. The van der Waals surface area contributed by atoms with E-state index in [-0.39, 0.29) is 24.1 Å². The van der Waals surface area contributed by atoms with Gasteiger partial charge in [-0.05, 0) is 42.2 Å². The highest BCUT2D eigenvalue weighted by Gasteiger charge is 2.31. The van der Waals surface area contributed by atoms with Gasteiger partial charge in [-0.15, -0.1) is 11.3 Å². The first-order valence-electron chi connectivity index (χ1n) is 11.9. The summed E-state index contributed by atoms with van der Waals surface area (Å²) in [6.07, 6.45) is 4.14. The average molecular weight is 488 g/mol. The minimum absolute atomic E-state index is 0.0284. The predicted octanol–water partition coefficient (Wildman–Crippen LogP) is 4.65. The normalized spacial score (nSPS) is 17.5. The summed E-state index contributed by atoms with van der Waals surface area (Å²) >= 11 is 1.49. The summed E-state index contributed by atoms with van der Waals surface area (Å²) in [5, 5.41) is 0.546. The van der Waals surface area contributed by atoms with Crippen LogP contribution >= 0.6 is 11.3 Å². The van der Waals surface area contributed by atoms with Gasteiger partial charge in [0.1, 0.15) is 11.4 Å². The Morgan fingerprint density at radius 1 is 1.03 bits per heavy atom. The minimum atomic E-state index is -0.187. The second-order valence-corrected chi connectivity index (χ2v) is 9.91. The highest BCUT2D eigenvalue weighted by Crippen LogP contribution is 2.38. The Bertz CT molecular complexity index is 1450. The van der Waals surface area contributed by atoms with E-state index in [4.69, 9.17) is 9.47 Å². The van der Waals surface area contributed by atoms with Gasteiger partial charge in [-0.3, -0.25) is 14.2 Å². The smallest absolute Gasteiger partial charge is 0.262 e. The van der Waals surface area contributed by atoms with Crippen LogP contribution < -0.4 is 15.0 Å². The van der Waals surface area contributed by atoms with E-state index in [0.717, 1.165) is 46.8 Å². The highest BCUT2D eigenvalue weighted by molar-refractivity contribution is 7.21. The number of thiophene rings is 1. The van der Waals surface area contributed by atoms with Crippen molar-refractivity contribution in [1.29, 1.82) is 0 Å². The Hall–Kier alpha value is -3.65. The molecule has 35 heavy (non-hydrogen) atoms. The number of ether oxygens (including phenoxy) is 2. The van der Waals surface area contributed by atoms with Gasteiger partial charge in [-0.25, -0.2) is 4.98 Å². The third kappa shape index (κ3) is 4.18. The van der Waals surface area contributed by atoms with Crippen molar-refractivity contribution >= 4 is 27.5 Å². The molecular formula is C27H25N3O4S. The maximum absolute atomic E-state index is 13.3. The Balaban J connectivity index is 1.24. The van der Waals surface area contributed by atoms with Crippen molar-refractivity contribution in [1.82, 2.24) is 14.5 Å². The van der Waals surface area contributed by atoms with Crippen molar-refractivity contribution in [3.05, 3.63) is 76.8 Å². The summed E-state index contributed by atoms with van der Waals surface area (Å²) < 4.78 is 13.0. The first-order valence-corrected chi connectivity index (χ1v) is 12.7. The van der Waals surface area contributed by atoms with Gasteiger partial charge in [0, 0.05) is 17.8 Å². The first-order chi connectivity index (χ1) is 17.2. The van der Waals surface area contributed by atoms with Crippen LogP contribution in [0.25, 0.3) is 20.7 Å². The predicted molar refractivity (Wildman–Crippen MR) is 135 cm³/mol. The van der Waals surface area contributed by atoms with E-state index in [9.17, 15) is 9.59 Å². The largest absolute Gasteiger partial charge is 0.490 e. The van der Waals surface area contributed by atoms with E-state index in [1.165, 1.54) is 22.2 Å². The average Bonchev–Trinajstić information content (AvgIpc) is 3.49. The Labute approximate surface area is 206 Å². The van der Waals surface area contributed by atoms with Crippen LogP contribution in [0.15, 0.2) is 65.7 Å². The van der Waals surface area contributed by atoms with Gasteiger partial charge in [0.25, 0.3) is 5.56 Å². The molecule has 4 heterocycles.